The van der Waals surface area contributed by atoms with E-state index in [9.17, 15) is 13.2 Å². The Morgan fingerprint density at radius 2 is 1.73 bits per heavy atom. The first-order chi connectivity index (χ1) is 14.2. The minimum atomic E-state index is -3.99. The molecule has 0 fully saturated rings. The van der Waals surface area contributed by atoms with Crippen molar-refractivity contribution in [1.29, 1.82) is 0 Å². The number of amides is 1. The van der Waals surface area contributed by atoms with E-state index >= 15 is 0 Å². The van der Waals surface area contributed by atoms with Crippen LogP contribution in [0.4, 0.5) is 5.69 Å². The molecule has 0 atom stereocenters. The fourth-order valence-corrected chi connectivity index (χ4v) is 3.81. The van der Waals surface area contributed by atoms with Gasteiger partial charge >= 0.3 is 0 Å². The van der Waals surface area contributed by atoms with Crippen LogP contribution in [0, 0.1) is 0 Å². The third kappa shape index (κ3) is 5.71. The number of hydrogen-bond acceptors (Lipinski definition) is 7. The molecule has 1 amide bonds. The number of benzene rings is 2. The molecule has 0 saturated carbocycles. The zero-order chi connectivity index (χ0) is 22.3. The molecular formula is C20H26N4O5S. The molecular weight excluding hydrogens is 408 g/mol. The van der Waals surface area contributed by atoms with E-state index in [-0.39, 0.29) is 10.6 Å². The Morgan fingerprint density at radius 1 is 1.07 bits per heavy atom. The number of carbonyl (C=O) groups is 1. The summed E-state index contributed by atoms with van der Waals surface area (Å²) in [7, 11) is 3.99. The summed E-state index contributed by atoms with van der Waals surface area (Å²) in [4.78, 5) is 14.0. The van der Waals surface area contributed by atoms with Crippen LogP contribution in [0.1, 0.15) is 5.56 Å². The maximum absolute atomic E-state index is 12.9. The lowest BCUT2D eigenvalue weighted by Gasteiger charge is -2.18. The number of nitrogens with zero attached hydrogens (tertiary/aromatic N) is 3. The Labute approximate surface area is 176 Å². The summed E-state index contributed by atoms with van der Waals surface area (Å²) in [5, 5.41) is 3.88. The molecule has 162 valence electrons. The van der Waals surface area contributed by atoms with Gasteiger partial charge in [-0.25, -0.2) is 13.8 Å². The quantitative estimate of drug-likeness (QED) is 0.475. The van der Waals surface area contributed by atoms with Crippen LogP contribution in [0.25, 0.3) is 0 Å². The number of ether oxygens (including phenoxy) is 2. The van der Waals surface area contributed by atoms with Crippen LogP contribution < -0.4 is 19.8 Å². The second kappa shape index (κ2) is 10.1. The second-order valence-electron chi connectivity index (χ2n) is 6.56. The normalized spacial score (nSPS) is 11.5. The van der Waals surface area contributed by atoms with Gasteiger partial charge in [0.2, 0.25) is 10.0 Å². The van der Waals surface area contributed by atoms with Gasteiger partial charge in [-0.2, -0.15) is 9.41 Å². The predicted molar refractivity (Wildman–Crippen MR) is 116 cm³/mol. The number of hydrogen-bond donors (Lipinski definition) is 1. The molecule has 30 heavy (non-hydrogen) atoms. The van der Waals surface area contributed by atoms with Crippen molar-refractivity contribution in [3.63, 3.8) is 0 Å². The van der Waals surface area contributed by atoms with Crippen LogP contribution in [-0.2, 0) is 14.8 Å². The molecule has 0 aliphatic rings. The molecule has 0 heterocycles. The maximum atomic E-state index is 12.9. The van der Waals surface area contributed by atoms with Crippen LogP contribution in [0.3, 0.4) is 0 Å². The largest absolute Gasteiger partial charge is 0.497 e. The number of rotatable bonds is 9. The van der Waals surface area contributed by atoms with Gasteiger partial charge in [0.25, 0.3) is 5.91 Å². The monoisotopic (exact) mass is 434 g/mol. The summed E-state index contributed by atoms with van der Waals surface area (Å²) < 4.78 is 36.9. The number of nitrogens with one attached hydrogen (secondary N) is 1. The molecule has 0 aliphatic carbocycles. The van der Waals surface area contributed by atoms with E-state index in [1.54, 1.807) is 6.07 Å². The Kier molecular flexibility index (Phi) is 7.79. The lowest BCUT2D eigenvalue weighted by molar-refractivity contribution is -0.121. The minimum absolute atomic E-state index is 0.0934. The summed E-state index contributed by atoms with van der Waals surface area (Å²) in [6, 6.07) is 12.0. The van der Waals surface area contributed by atoms with E-state index in [2.05, 4.69) is 10.5 Å². The van der Waals surface area contributed by atoms with Gasteiger partial charge in [0.1, 0.15) is 16.4 Å². The highest BCUT2D eigenvalue weighted by atomic mass is 32.2. The number of methoxy groups -OCH3 is 2. The van der Waals surface area contributed by atoms with Gasteiger partial charge in [0, 0.05) is 32.9 Å². The lowest BCUT2D eigenvalue weighted by atomic mass is 10.2. The Morgan fingerprint density at radius 3 is 2.30 bits per heavy atom. The van der Waals surface area contributed by atoms with E-state index in [0.717, 1.165) is 15.6 Å². The number of anilines is 1. The molecule has 2 aromatic rings. The van der Waals surface area contributed by atoms with Gasteiger partial charge in [-0.05, 0) is 29.8 Å². The van der Waals surface area contributed by atoms with Crippen LogP contribution >= 0.6 is 0 Å². The topological polar surface area (TPSA) is 101 Å². The zero-order valence-electron chi connectivity index (χ0n) is 17.6. The van der Waals surface area contributed by atoms with Gasteiger partial charge in [-0.15, -0.1) is 0 Å². The van der Waals surface area contributed by atoms with Crippen molar-refractivity contribution in [2.45, 2.75) is 4.90 Å². The Balaban J connectivity index is 2.04. The number of sulfonamides is 1. The van der Waals surface area contributed by atoms with E-state index < -0.39 is 22.5 Å². The highest BCUT2D eigenvalue weighted by Crippen LogP contribution is 2.30. The van der Waals surface area contributed by atoms with Gasteiger partial charge in [-0.3, -0.25) is 4.79 Å². The van der Waals surface area contributed by atoms with Crippen LogP contribution in [0.15, 0.2) is 52.5 Å². The van der Waals surface area contributed by atoms with Gasteiger partial charge in [-0.1, -0.05) is 12.1 Å². The molecule has 0 saturated heterocycles. The molecule has 0 unspecified atom stereocenters. The second-order valence-corrected chi connectivity index (χ2v) is 8.57. The van der Waals surface area contributed by atoms with Crippen LogP contribution in [0.5, 0.6) is 11.5 Å². The average molecular weight is 435 g/mol. The standard InChI is InChI=1S/C20H26N4O5S/c1-23(2)16-8-6-15(7-9-16)13-21-22-20(25)14-24(3)30(26,27)19-12-17(28-4)10-11-18(19)29-5/h6-13H,14H2,1-5H3,(H,22,25)/b21-13+. The Hall–Kier alpha value is -3.11. The van der Waals surface area contributed by atoms with Crippen molar-refractivity contribution in [2.75, 3.05) is 46.8 Å². The molecule has 1 N–H and O–H groups in total. The first kappa shape index (κ1) is 23.2. The average Bonchev–Trinajstić information content (AvgIpc) is 2.73. The predicted octanol–water partition coefficient (Wildman–Crippen LogP) is 1.54. The zero-order valence-corrected chi connectivity index (χ0v) is 18.4. The van der Waals surface area contributed by atoms with Crippen molar-refractivity contribution in [3.05, 3.63) is 48.0 Å². The molecule has 0 bridgehead atoms. The van der Waals surface area contributed by atoms with Crippen molar-refractivity contribution in [3.8, 4) is 11.5 Å². The minimum Gasteiger partial charge on any atom is -0.497 e. The summed E-state index contributed by atoms with van der Waals surface area (Å²) >= 11 is 0. The summed E-state index contributed by atoms with van der Waals surface area (Å²) in [5.74, 6) is -0.0662. The highest BCUT2D eigenvalue weighted by Gasteiger charge is 2.27. The maximum Gasteiger partial charge on any atom is 0.255 e. The van der Waals surface area contributed by atoms with E-state index in [1.165, 1.54) is 39.6 Å². The van der Waals surface area contributed by atoms with E-state index in [1.807, 2.05) is 43.3 Å². The molecule has 9 nitrogen and oxygen atoms in total. The molecule has 0 spiro atoms. The number of hydrazone groups is 1. The van der Waals surface area contributed by atoms with E-state index in [4.69, 9.17) is 9.47 Å². The smallest absolute Gasteiger partial charge is 0.255 e. The van der Waals surface area contributed by atoms with Crippen molar-refractivity contribution < 1.29 is 22.7 Å². The molecule has 2 aromatic carbocycles. The third-order valence-electron chi connectivity index (χ3n) is 4.24. The van der Waals surface area contributed by atoms with Crippen molar-refractivity contribution >= 4 is 27.8 Å². The van der Waals surface area contributed by atoms with Crippen molar-refractivity contribution in [2.24, 2.45) is 5.10 Å². The summed E-state index contributed by atoms with van der Waals surface area (Å²) in [6.45, 7) is -0.417. The number of likely N-dealkylation sites (N-methyl/N-ethyl adjacent to an activating group) is 1. The van der Waals surface area contributed by atoms with Gasteiger partial charge in [0.05, 0.1) is 27.0 Å². The van der Waals surface area contributed by atoms with Gasteiger partial charge < -0.3 is 14.4 Å². The summed E-state index contributed by atoms with van der Waals surface area (Å²) in [5.41, 5.74) is 4.16. The SMILES string of the molecule is COc1ccc(OC)c(S(=O)(=O)N(C)CC(=O)N/N=C/c2ccc(N(C)C)cc2)c1. The molecule has 0 aromatic heterocycles. The fourth-order valence-electron chi connectivity index (χ4n) is 2.51. The lowest BCUT2D eigenvalue weighted by Crippen LogP contribution is -2.36. The fraction of sp³-hybridized carbons (Fsp3) is 0.300. The van der Waals surface area contributed by atoms with Crippen LogP contribution in [0.2, 0.25) is 0 Å². The van der Waals surface area contributed by atoms with Crippen molar-refractivity contribution in [1.82, 2.24) is 9.73 Å². The van der Waals surface area contributed by atoms with Crippen LogP contribution in [-0.4, -0.2) is 66.8 Å². The van der Waals surface area contributed by atoms with E-state index in [0.29, 0.717) is 5.75 Å². The third-order valence-corrected chi connectivity index (χ3v) is 6.06. The number of carbonyl (C=O) groups excluding carboxylic acids is 1. The Bertz CT molecular complexity index is 1000. The molecule has 10 heteroatoms. The first-order valence-corrected chi connectivity index (χ1v) is 10.4. The molecule has 0 radical (unpaired) electrons. The first-order valence-electron chi connectivity index (χ1n) is 8.96. The summed E-state index contributed by atoms with van der Waals surface area (Å²) in [6.07, 6.45) is 1.48. The molecule has 0 aliphatic heterocycles. The highest BCUT2D eigenvalue weighted by molar-refractivity contribution is 7.89. The molecule has 2 rings (SSSR count). The van der Waals surface area contributed by atoms with Gasteiger partial charge in [0.15, 0.2) is 0 Å².